The van der Waals surface area contributed by atoms with Crippen LogP contribution in [-0.4, -0.2) is 0 Å². The van der Waals surface area contributed by atoms with Crippen molar-refractivity contribution in [2.75, 3.05) is 4.90 Å². The minimum atomic E-state index is -0.225. The van der Waals surface area contributed by atoms with Crippen LogP contribution in [0.4, 0.5) is 17.1 Å². The van der Waals surface area contributed by atoms with Crippen LogP contribution in [0.1, 0.15) is 78.6 Å². The molecule has 0 saturated carbocycles. The molecule has 1 atom stereocenters. The van der Waals surface area contributed by atoms with Crippen molar-refractivity contribution < 1.29 is 0 Å². The zero-order valence-corrected chi connectivity index (χ0v) is 32.7. The zero-order chi connectivity index (χ0) is 36.7. The fraction of sp³-hybridized carbons (Fsp3) is 0.192. The van der Waals surface area contributed by atoms with E-state index in [0.29, 0.717) is 0 Å². The highest BCUT2D eigenvalue weighted by atomic mass is 32.1. The van der Waals surface area contributed by atoms with Gasteiger partial charge in [0, 0.05) is 48.1 Å². The van der Waals surface area contributed by atoms with Crippen LogP contribution >= 0.6 is 11.3 Å². The molecule has 1 aromatic heterocycles. The lowest BCUT2D eigenvalue weighted by Crippen LogP contribution is -2.27. The van der Waals surface area contributed by atoms with Gasteiger partial charge >= 0.3 is 0 Å². The predicted octanol–water partition coefficient (Wildman–Crippen LogP) is 14.4. The van der Waals surface area contributed by atoms with E-state index >= 15 is 0 Å². The molecule has 262 valence electrons. The highest BCUT2D eigenvalue weighted by Gasteiger charge is 2.55. The van der Waals surface area contributed by atoms with Crippen LogP contribution in [0.2, 0.25) is 0 Å². The number of thiophene rings is 1. The van der Waals surface area contributed by atoms with E-state index in [9.17, 15) is 0 Å². The number of rotatable bonds is 3. The molecule has 3 aliphatic carbocycles. The lowest BCUT2D eigenvalue weighted by molar-refractivity contribution is 0.448. The fourth-order valence-corrected chi connectivity index (χ4v) is 12.2. The Bertz CT molecular complexity index is 2900. The third kappa shape index (κ3) is 4.10. The van der Waals surface area contributed by atoms with Gasteiger partial charge in [-0.3, -0.25) is 0 Å². The van der Waals surface area contributed by atoms with E-state index in [-0.39, 0.29) is 16.2 Å². The summed E-state index contributed by atoms with van der Waals surface area (Å²) in [6, 6.07) is 53.4. The summed E-state index contributed by atoms with van der Waals surface area (Å²) in [5.41, 5.74) is 20.2. The van der Waals surface area contributed by atoms with Gasteiger partial charge in [0.2, 0.25) is 0 Å². The van der Waals surface area contributed by atoms with Crippen LogP contribution in [0, 0.1) is 13.8 Å². The van der Waals surface area contributed by atoms with Crippen LogP contribution in [-0.2, 0) is 16.2 Å². The van der Waals surface area contributed by atoms with Crippen molar-refractivity contribution >= 4 is 48.6 Å². The Kier molecular flexibility index (Phi) is 6.43. The van der Waals surface area contributed by atoms with Crippen LogP contribution in [0.3, 0.4) is 0 Å². The van der Waals surface area contributed by atoms with E-state index in [4.69, 9.17) is 0 Å². The topological polar surface area (TPSA) is 3.24 Å². The van der Waals surface area contributed by atoms with Gasteiger partial charge in [0.15, 0.2) is 0 Å². The third-order valence-electron chi connectivity index (χ3n) is 13.3. The van der Waals surface area contributed by atoms with E-state index in [1.165, 1.54) is 104 Å². The summed E-state index contributed by atoms with van der Waals surface area (Å²) in [4.78, 5) is 2.53. The van der Waals surface area contributed by atoms with Gasteiger partial charge in [-0.25, -0.2) is 0 Å². The second kappa shape index (κ2) is 10.8. The van der Waals surface area contributed by atoms with Crippen LogP contribution < -0.4 is 4.90 Å². The predicted molar refractivity (Wildman–Crippen MR) is 230 cm³/mol. The Morgan fingerprint density at radius 1 is 0.463 bits per heavy atom. The van der Waals surface area contributed by atoms with Gasteiger partial charge in [0.1, 0.15) is 0 Å². The summed E-state index contributed by atoms with van der Waals surface area (Å²) >= 11 is 1.88. The molecule has 2 heteroatoms. The highest BCUT2D eigenvalue weighted by molar-refractivity contribution is 7.25. The first-order valence-electron chi connectivity index (χ1n) is 19.4. The quantitative estimate of drug-likeness (QED) is 0.176. The molecule has 0 bridgehead atoms. The standard InChI is InChI=1S/C52H43NS/c1-31-19-20-32(2)49-48(31)50(3,4)30-52(49)43-17-11-8-14-37(43)39-25-22-35(29-45(39)52)53(33-23-26-47-41(27-33)40-15-9-12-18-46(40)54-47)34-21-24-38-36-13-7-10-16-42(36)51(5,6)44(38)28-34/h7-29H,30H2,1-6H3. The van der Waals surface area contributed by atoms with Gasteiger partial charge in [-0.15, -0.1) is 11.3 Å². The van der Waals surface area contributed by atoms with Crippen LogP contribution in [0.25, 0.3) is 42.4 Å². The summed E-state index contributed by atoms with van der Waals surface area (Å²) in [5, 5.41) is 2.64. The first-order chi connectivity index (χ1) is 26.1. The molecule has 8 aromatic rings. The number of hydrogen-bond donors (Lipinski definition) is 0. The van der Waals surface area contributed by atoms with E-state index < -0.39 is 0 Å². The smallest absolute Gasteiger partial charge is 0.0478 e. The molecule has 0 amide bonds. The Balaban J connectivity index is 1.18. The molecule has 0 radical (unpaired) electrons. The van der Waals surface area contributed by atoms with Gasteiger partial charge < -0.3 is 4.90 Å². The third-order valence-corrected chi connectivity index (χ3v) is 14.4. The van der Waals surface area contributed by atoms with Crippen molar-refractivity contribution in [3.05, 3.63) is 184 Å². The second-order valence-electron chi connectivity index (χ2n) is 17.2. The fourth-order valence-electron chi connectivity index (χ4n) is 11.2. The first kappa shape index (κ1) is 32.0. The van der Waals surface area contributed by atoms with Crippen molar-refractivity contribution in [2.45, 2.75) is 64.2 Å². The molecule has 1 nitrogen and oxygen atoms in total. The largest absolute Gasteiger partial charge is 0.310 e. The molecular weight excluding hydrogens is 671 g/mol. The van der Waals surface area contributed by atoms with E-state index in [2.05, 4.69) is 186 Å². The zero-order valence-electron chi connectivity index (χ0n) is 31.8. The Morgan fingerprint density at radius 2 is 1.00 bits per heavy atom. The van der Waals surface area contributed by atoms with Gasteiger partial charge in [-0.05, 0) is 141 Å². The number of hydrogen-bond acceptors (Lipinski definition) is 2. The van der Waals surface area contributed by atoms with Crippen LogP contribution in [0.15, 0.2) is 140 Å². The summed E-state index contributed by atoms with van der Waals surface area (Å²) in [6.45, 7) is 14.4. The van der Waals surface area contributed by atoms with Gasteiger partial charge in [-0.1, -0.05) is 119 Å². The molecule has 1 unspecified atom stereocenters. The molecular formula is C52H43NS. The minimum Gasteiger partial charge on any atom is -0.310 e. The summed E-state index contributed by atoms with van der Waals surface area (Å²) in [5.74, 6) is 0. The second-order valence-corrected chi connectivity index (χ2v) is 18.3. The normalized spacial score (nSPS) is 18.1. The Labute approximate surface area is 322 Å². The van der Waals surface area contributed by atoms with E-state index in [0.717, 1.165) is 6.42 Å². The van der Waals surface area contributed by atoms with Gasteiger partial charge in [0.05, 0.1) is 0 Å². The summed E-state index contributed by atoms with van der Waals surface area (Å²) in [7, 11) is 0. The molecule has 7 aromatic carbocycles. The molecule has 0 fully saturated rings. The van der Waals surface area contributed by atoms with Crippen molar-refractivity contribution in [2.24, 2.45) is 0 Å². The molecule has 54 heavy (non-hydrogen) atoms. The lowest BCUT2D eigenvalue weighted by atomic mass is 9.70. The Morgan fingerprint density at radius 3 is 1.76 bits per heavy atom. The molecule has 11 rings (SSSR count). The Hall–Kier alpha value is -5.44. The monoisotopic (exact) mass is 713 g/mol. The van der Waals surface area contributed by atoms with Crippen molar-refractivity contribution in [1.82, 2.24) is 0 Å². The summed E-state index contributed by atoms with van der Waals surface area (Å²) < 4.78 is 2.66. The maximum atomic E-state index is 2.56. The first-order valence-corrected chi connectivity index (χ1v) is 20.2. The SMILES string of the molecule is Cc1ccc(C)c2c1C(C)(C)CC21c2ccccc2-c2ccc(N(c3ccc4c(c3)C(C)(C)c3ccccc3-4)c3ccc4sc5ccccc5c4c3)cc21. The van der Waals surface area contributed by atoms with Crippen molar-refractivity contribution in [3.63, 3.8) is 0 Å². The average Bonchev–Trinajstić information content (AvgIpc) is 3.84. The van der Waals surface area contributed by atoms with Crippen molar-refractivity contribution in [3.8, 4) is 22.3 Å². The lowest BCUT2D eigenvalue weighted by Gasteiger charge is -2.33. The molecule has 1 heterocycles. The molecule has 0 saturated heterocycles. The molecule has 3 aliphatic rings. The van der Waals surface area contributed by atoms with Crippen LogP contribution in [0.5, 0.6) is 0 Å². The highest BCUT2D eigenvalue weighted by Crippen LogP contribution is 2.64. The van der Waals surface area contributed by atoms with E-state index in [1.807, 2.05) is 11.3 Å². The maximum Gasteiger partial charge on any atom is 0.0478 e. The van der Waals surface area contributed by atoms with Gasteiger partial charge in [-0.2, -0.15) is 0 Å². The molecule has 0 N–H and O–H groups in total. The number of fused-ring (bicyclic) bond motifs is 13. The van der Waals surface area contributed by atoms with Gasteiger partial charge in [0.25, 0.3) is 0 Å². The number of anilines is 3. The summed E-state index contributed by atoms with van der Waals surface area (Å²) in [6.07, 6.45) is 1.05. The number of aryl methyl sites for hydroxylation is 2. The number of benzene rings is 7. The molecule has 0 aliphatic heterocycles. The molecule has 1 spiro atoms. The average molecular weight is 714 g/mol. The number of nitrogens with zero attached hydrogens (tertiary/aromatic N) is 1. The minimum absolute atomic E-state index is 0.0292. The maximum absolute atomic E-state index is 2.56. The van der Waals surface area contributed by atoms with Crippen molar-refractivity contribution in [1.29, 1.82) is 0 Å². The van der Waals surface area contributed by atoms with E-state index in [1.54, 1.807) is 0 Å².